The number of azo groups is 4. The van der Waals surface area contributed by atoms with Crippen molar-refractivity contribution in [1.82, 2.24) is 0 Å². The molecule has 0 saturated heterocycles. The van der Waals surface area contributed by atoms with Gasteiger partial charge in [-0.05, 0) is 89.0 Å². The van der Waals surface area contributed by atoms with E-state index in [1.54, 1.807) is 0 Å². The van der Waals surface area contributed by atoms with E-state index in [1.165, 1.54) is 24.3 Å². The topological polar surface area (TPSA) is 512 Å². The molecular formula is C42H29N9O21S6. The van der Waals surface area contributed by atoms with Crippen LogP contribution in [0.4, 0.5) is 51.2 Å². The number of benzene rings is 8. The van der Waals surface area contributed by atoms with E-state index in [1.807, 2.05) is 0 Å². The molecule has 0 saturated carbocycles. The van der Waals surface area contributed by atoms with Gasteiger partial charge in [0.25, 0.3) is 60.7 Å². The summed E-state index contributed by atoms with van der Waals surface area (Å²) in [7, 11) is -31.1. The van der Waals surface area contributed by atoms with Crippen molar-refractivity contribution in [2.75, 3.05) is 5.73 Å². The molecule has 0 spiro atoms. The van der Waals surface area contributed by atoms with Crippen LogP contribution in [0, 0.1) is 0 Å². The molecule has 0 radical (unpaired) electrons. The Morgan fingerprint density at radius 3 is 1.00 bits per heavy atom. The molecule has 0 aliphatic heterocycles. The summed E-state index contributed by atoms with van der Waals surface area (Å²) < 4.78 is 208. The van der Waals surface area contributed by atoms with Gasteiger partial charge < -0.3 is 21.1 Å². The predicted octanol–water partition coefficient (Wildman–Crippen LogP) is 8.99. The summed E-state index contributed by atoms with van der Waals surface area (Å²) in [6.07, 6.45) is 0. The molecule has 0 heterocycles. The molecule has 0 amide bonds. The summed E-state index contributed by atoms with van der Waals surface area (Å²) in [5, 5.41) is 61.9. The van der Waals surface area contributed by atoms with Crippen molar-refractivity contribution >= 4 is 144 Å². The van der Waals surface area contributed by atoms with Crippen LogP contribution in [-0.2, 0) is 60.7 Å². The van der Waals surface area contributed by atoms with Crippen molar-refractivity contribution in [2.45, 2.75) is 29.4 Å². The van der Waals surface area contributed by atoms with Gasteiger partial charge in [0.2, 0.25) is 0 Å². The Morgan fingerprint density at radius 2 is 0.628 bits per heavy atom. The number of nitrogens with zero attached hydrogens (tertiary/aromatic N) is 8. The van der Waals surface area contributed by atoms with Crippen LogP contribution in [0.2, 0.25) is 0 Å². The Balaban J connectivity index is 1.24. The lowest BCUT2D eigenvalue weighted by Crippen LogP contribution is -2.03. The molecule has 8 rings (SSSR count). The number of rotatable bonds is 14. The second kappa shape index (κ2) is 19.9. The molecule has 0 atom stereocenters. The van der Waals surface area contributed by atoms with E-state index in [0.717, 1.165) is 72.8 Å². The highest BCUT2D eigenvalue weighted by molar-refractivity contribution is 7.87. The SMILES string of the molecule is Nc1c(N=Nc2ccc3cc(S(=O)(=O)O)c(N=Nc4ccccc4S(=O)(=O)O)c(O)c3c2)c(S(=O)(=O)O)cc2cc(S(=O)(=O)O)c(N=Nc3ccc4cc(S(=O)(=O)O)c(/N=N\c5ccccc5S(=O)(=O)O)c(O)c4c3)c(O)c12. The Hall–Kier alpha value is -8.40. The first-order chi connectivity index (χ1) is 36.1. The van der Waals surface area contributed by atoms with Gasteiger partial charge in [0.05, 0.1) is 22.4 Å². The van der Waals surface area contributed by atoms with E-state index in [-0.39, 0.29) is 32.9 Å². The highest BCUT2D eigenvalue weighted by atomic mass is 32.2. The van der Waals surface area contributed by atoms with Gasteiger partial charge in [-0.15, -0.1) is 30.7 Å². The number of aromatic hydroxyl groups is 3. The molecule has 36 heteroatoms. The number of anilines is 1. The minimum absolute atomic E-state index is 0.123. The lowest BCUT2D eigenvalue weighted by molar-refractivity contribution is 0.471. The van der Waals surface area contributed by atoms with Crippen LogP contribution in [-0.4, -0.2) is 93.1 Å². The van der Waals surface area contributed by atoms with Crippen molar-refractivity contribution in [2.24, 2.45) is 40.9 Å². The number of hydrogen-bond donors (Lipinski definition) is 10. The molecule has 0 aliphatic rings. The van der Waals surface area contributed by atoms with Gasteiger partial charge in [-0.2, -0.15) is 60.7 Å². The van der Waals surface area contributed by atoms with Gasteiger partial charge in [0.1, 0.15) is 63.5 Å². The molecule has 8 aromatic carbocycles. The molecular weight excluding hydrogens is 1160 g/mol. The highest BCUT2D eigenvalue weighted by Gasteiger charge is 2.30. The Bertz CT molecular complexity index is 4490. The Labute approximate surface area is 437 Å². The third-order valence-corrected chi connectivity index (χ3v) is 16.1. The summed E-state index contributed by atoms with van der Waals surface area (Å²) in [6.45, 7) is 0. The number of phenols is 3. The van der Waals surface area contributed by atoms with Crippen molar-refractivity contribution in [3.8, 4) is 17.2 Å². The van der Waals surface area contributed by atoms with Crippen LogP contribution in [0.1, 0.15) is 0 Å². The lowest BCUT2D eigenvalue weighted by Gasteiger charge is -2.14. The number of phenolic OH excluding ortho intramolecular Hbond substituents is 3. The standard InChI is InChI=1S/C42H29N9O21S6/c43-35-34-21(15-30(75(61,62)63)36(35)48-44-22-11-9-19-13-31(76(64,65)66)37(40(52)24(19)17-22)50-46-26-5-1-3-7-28(26)73(55,56)57)16-33(78(70,71)72)39(42(34)54)49-45-23-12-10-20-14-32(77(67,68)69)38(41(53)25(20)18-23)51-47-27-6-2-4-8-29(27)74(58,59)60/h1-18,52-54H,43H2,(H,55,56,57)(H,58,59,60)(H,61,62,63)(H,64,65,66)(H,67,68,69)(H,70,71,72)/b48-44?,49-45?,50-46?,51-47-. The highest BCUT2D eigenvalue weighted by Crippen LogP contribution is 2.50. The van der Waals surface area contributed by atoms with Crippen LogP contribution >= 0.6 is 0 Å². The molecule has 0 aromatic heterocycles. The third-order valence-electron chi connectivity index (χ3n) is 10.8. The zero-order valence-electron chi connectivity index (χ0n) is 37.9. The van der Waals surface area contributed by atoms with Gasteiger partial charge >= 0.3 is 0 Å². The molecule has 0 aliphatic carbocycles. The minimum Gasteiger partial charge on any atom is -0.505 e. The van der Waals surface area contributed by atoms with Crippen molar-refractivity contribution in [3.05, 3.63) is 109 Å². The fourth-order valence-corrected chi connectivity index (χ4v) is 11.3. The fourth-order valence-electron chi connectivity index (χ4n) is 7.41. The smallest absolute Gasteiger partial charge is 0.296 e. The van der Waals surface area contributed by atoms with Gasteiger partial charge in [0, 0.05) is 10.8 Å². The van der Waals surface area contributed by atoms with E-state index in [4.69, 9.17) is 5.73 Å². The first-order valence-electron chi connectivity index (χ1n) is 20.6. The van der Waals surface area contributed by atoms with E-state index in [0.29, 0.717) is 12.1 Å². The quantitative estimate of drug-likeness (QED) is 0.0276. The third kappa shape index (κ3) is 11.2. The maximum Gasteiger partial charge on any atom is 0.296 e. The molecule has 11 N–H and O–H groups in total. The summed E-state index contributed by atoms with van der Waals surface area (Å²) in [6, 6.07) is 18.1. The molecule has 8 aromatic rings. The maximum atomic E-state index is 12.8. The van der Waals surface area contributed by atoms with Gasteiger partial charge in [-0.25, -0.2) is 0 Å². The van der Waals surface area contributed by atoms with Crippen LogP contribution in [0.25, 0.3) is 32.3 Å². The molecule has 0 bridgehead atoms. The zero-order valence-corrected chi connectivity index (χ0v) is 42.8. The molecule has 404 valence electrons. The zero-order chi connectivity index (χ0) is 57.2. The van der Waals surface area contributed by atoms with Crippen LogP contribution in [0.5, 0.6) is 17.2 Å². The summed E-state index contributed by atoms with van der Waals surface area (Å²) in [5.41, 5.74) is -0.166. The monoisotopic (exact) mass is 1190 g/mol. The molecule has 78 heavy (non-hydrogen) atoms. The maximum absolute atomic E-state index is 12.8. The minimum atomic E-state index is -5.46. The molecule has 0 unspecified atom stereocenters. The fraction of sp³-hybridized carbons (Fsp3) is 0. The average molecular weight is 1190 g/mol. The molecule has 0 fully saturated rings. The van der Waals surface area contributed by atoms with Crippen LogP contribution in [0.15, 0.2) is 179 Å². The number of nitrogens with two attached hydrogens (primary N) is 1. The number of fused-ring (bicyclic) bond motifs is 3. The Kier molecular flexibility index (Phi) is 14.2. The Morgan fingerprint density at radius 1 is 0.321 bits per heavy atom. The molecule has 30 nitrogen and oxygen atoms in total. The first-order valence-corrected chi connectivity index (χ1v) is 29.2. The van der Waals surface area contributed by atoms with E-state index in [9.17, 15) is 93.1 Å². The van der Waals surface area contributed by atoms with E-state index < -0.39 is 158 Å². The van der Waals surface area contributed by atoms with Crippen molar-refractivity contribution in [1.29, 1.82) is 0 Å². The second-order valence-corrected chi connectivity index (χ2v) is 24.2. The predicted molar refractivity (Wildman–Crippen MR) is 270 cm³/mol. The lowest BCUT2D eigenvalue weighted by atomic mass is 10.0. The van der Waals surface area contributed by atoms with Gasteiger partial charge in [0.15, 0.2) is 17.2 Å². The van der Waals surface area contributed by atoms with Gasteiger partial charge in [-0.1, -0.05) is 36.4 Å². The van der Waals surface area contributed by atoms with E-state index >= 15 is 0 Å². The van der Waals surface area contributed by atoms with Crippen molar-refractivity contribution in [3.63, 3.8) is 0 Å². The van der Waals surface area contributed by atoms with Crippen LogP contribution < -0.4 is 5.73 Å². The first kappa shape index (κ1) is 55.8. The number of hydrogen-bond acceptors (Lipinski definition) is 24. The van der Waals surface area contributed by atoms with Crippen molar-refractivity contribution < 1.29 is 93.1 Å². The largest absolute Gasteiger partial charge is 0.505 e. The number of nitrogen functional groups attached to an aromatic ring is 1. The van der Waals surface area contributed by atoms with Crippen LogP contribution in [0.3, 0.4) is 0 Å². The normalized spacial score (nSPS) is 13.4. The summed E-state index contributed by atoms with van der Waals surface area (Å²) in [4.78, 5) is -6.02. The average Bonchev–Trinajstić information content (AvgIpc) is 3.45. The second-order valence-electron chi connectivity index (χ2n) is 15.8. The summed E-state index contributed by atoms with van der Waals surface area (Å²) >= 11 is 0. The summed E-state index contributed by atoms with van der Waals surface area (Å²) in [5.74, 6) is -3.28. The van der Waals surface area contributed by atoms with E-state index in [2.05, 4.69) is 40.9 Å². The van der Waals surface area contributed by atoms with Gasteiger partial charge in [-0.3, -0.25) is 27.3 Å².